The van der Waals surface area contributed by atoms with Crippen molar-refractivity contribution in [3.8, 4) is 0 Å². The van der Waals surface area contributed by atoms with Crippen LogP contribution in [0.2, 0.25) is 0 Å². The predicted octanol–water partition coefficient (Wildman–Crippen LogP) is 4.82. The Morgan fingerprint density at radius 1 is 0.460 bits per heavy atom. The molecule has 0 amide bonds. The summed E-state index contributed by atoms with van der Waals surface area (Å²) in [7, 11) is -5.24. The average molecular weight is 749 g/mol. The summed E-state index contributed by atoms with van der Waals surface area (Å²) in [5.41, 5.74) is 0. The van der Waals surface area contributed by atoms with E-state index >= 15 is 0 Å². The van der Waals surface area contributed by atoms with Crippen molar-refractivity contribution in [2.24, 2.45) is 0 Å². The van der Waals surface area contributed by atoms with Gasteiger partial charge < -0.3 is 28.3 Å². The molecule has 0 aromatic heterocycles. The molecule has 0 aliphatic rings. The Balaban J connectivity index is -0.0000110. The molecule has 50 heavy (non-hydrogen) atoms. The molecule has 0 radical (unpaired) electrons. The van der Waals surface area contributed by atoms with Crippen molar-refractivity contribution >= 4 is 19.8 Å². The van der Waals surface area contributed by atoms with Gasteiger partial charge in [0.1, 0.15) is 6.61 Å². The van der Waals surface area contributed by atoms with E-state index in [0.717, 1.165) is 32.1 Å². The number of hydrogen-bond donors (Lipinski definition) is 0. The molecule has 0 saturated carbocycles. The van der Waals surface area contributed by atoms with E-state index < -0.39 is 32.5 Å². The van der Waals surface area contributed by atoms with Crippen molar-refractivity contribution in [1.82, 2.24) is 0 Å². The molecule has 0 aromatic rings. The maximum atomic E-state index is 12.3. The third kappa shape index (κ3) is 45.2. The van der Waals surface area contributed by atoms with Gasteiger partial charge in [-0.15, -0.1) is 0 Å². The Hall–Kier alpha value is 1.05. The molecule has 0 heterocycles. The first kappa shape index (κ1) is 55.4. The first-order valence-corrected chi connectivity index (χ1v) is 21.8. The maximum Gasteiger partial charge on any atom is 1.00 e. The van der Waals surface area contributed by atoms with Crippen molar-refractivity contribution in [2.45, 2.75) is 225 Å². The van der Waals surface area contributed by atoms with Crippen molar-refractivity contribution in [1.29, 1.82) is 0 Å². The van der Waals surface area contributed by atoms with Gasteiger partial charge >= 0.3 is 71.1 Å². The van der Waals surface area contributed by atoms with Gasteiger partial charge in [-0.1, -0.05) is 194 Å². The van der Waals surface area contributed by atoms with Gasteiger partial charge in [-0.2, -0.15) is 0 Å². The summed E-state index contributed by atoms with van der Waals surface area (Å²) in [6, 6.07) is 0. The summed E-state index contributed by atoms with van der Waals surface area (Å²) in [6.07, 6.45) is 36.3. The van der Waals surface area contributed by atoms with Crippen molar-refractivity contribution in [3.63, 3.8) is 0 Å². The molecule has 0 spiro atoms. The van der Waals surface area contributed by atoms with Gasteiger partial charge in [-0.3, -0.25) is 9.59 Å². The van der Waals surface area contributed by atoms with Crippen LogP contribution in [0.25, 0.3) is 0 Å². The Kier molecular flexibility index (Phi) is 47.4. The van der Waals surface area contributed by atoms with E-state index in [0.29, 0.717) is 12.8 Å². The second kappa shape index (κ2) is 42.8. The van der Waals surface area contributed by atoms with Crippen LogP contribution in [0.5, 0.6) is 0 Å². The van der Waals surface area contributed by atoms with E-state index in [1.807, 2.05) is 0 Å². The smallest absolute Gasteiger partial charge is 0.790 e. The Labute approximate surface area is 352 Å². The normalized spacial score (nSPS) is 11.8. The van der Waals surface area contributed by atoms with Crippen molar-refractivity contribution in [2.75, 3.05) is 13.2 Å². The zero-order valence-corrected chi connectivity index (χ0v) is 38.2. The molecule has 0 unspecified atom stereocenters. The average Bonchev–Trinajstić information content (AvgIpc) is 3.05. The van der Waals surface area contributed by atoms with Crippen LogP contribution >= 0.6 is 7.82 Å². The van der Waals surface area contributed by atoms with Crippen molar-refractivity contribution in [3.05, 3.63) is 0 Å². The minimum Gasteiger partial charge on any atom is -0.790 e. The number of carbonyl (C=O) groups excluding carboxylic acids is 2. The fraction of sp³-hybridized carbons (Fsp3) is 0.949. The second-order valence-electron chi connectivity index (χ2n) is 13.9. The van der Waals surface area contributed by atoms with Gasteiger partial charge in [0, 0.05) is 12.8 Å². The molecule has 1 atom stereocenters. The molecule has 8 nitrogen and oxygen atoms in total. The van der Waals surface area contributed by atoms with Crippen LogP contribution in [0, 0.1) is 0 Å². The topological polar surface area (TPSA) is 125 Å². The van der Waals surface area contributed by atoms with Gasteiger partial charge in [-0.05, 0) is 12.8 Å². The Morgan fingerprint density at radius 2 is 0.740 bits per heavy atom. The number of unbranched alkanes of at least 4 members (excludes halogenated alkanes) is 28. The van der Waals surface area contributed by atoms with E-state index in [-0.39, 0.29) is 78.6 Å². The first-order chi connectivity index (χ1) is 23.3. The number of carbonyl (C=O) groups is 2. The quantitative estimate of drug-likeness (QED) is 0.0381. The van der Waals surface area contributed by atoms with Gasteiger partial charge in [0.25, 0.3) is 0 Å². The molecule has 0 aliphatic heterocycles. The van der Waals surface area contributed by atoms with Crippen LogP contribution in [-0.2, 0) is 28.2 Å². The SMILES string of the molecule is CCCCCCCCCCCCCCCCCC(=O)OC[C@H](COP(=O)([O-])[O-])OC(=O)CCCCCCCCCCCCCCCCC.[Na+].[Na+]. The fourth-order valence-corrected chi connectivity index (χ4v) is 6.42. The minimum absolute atomic E-state index is 0. The number of hydrogen-bond acceptors (Lipinski definition) is 8. The van der Waals surface area contributed by atoms with Crippen LogP contribution in [0.3, 0.4) is 0 Å². The zero-order chi connectivity index (χ0) is 35.4. The molecular weight excluding hydrogens is 673 g/mol. The molecule has 0 rings (SSSR count). The third-order valence-electron chi connectivity index (χ3n) is 9.12. The molecule has 0 fully saturated rings. The molecule has 0 aliphatic carbocycles. The molecular formula is C39H75Na2O8P. The summed E-state index contributed by atoms with van der Waals surface area (Å²) in [5.74, 6) is -0.941. The zero-order valence-electron chi connectivity index (χ0n) is 33.3. The van der Waals surface area contributed by atoms with Gasteiger partial charge in [0.05, 0.1) is 14.4 Å². The van der Waals surface area contributed by atoms with Crippen LogP contribution < -0.4 is 68.9 Å². The summed E-state index contributed by atoms with van der Waals surface area (Å²) in [4.78, 5) is 46.5. The maximum absolute atomic E-state index is 12.3. The van der Waals surface area contributed by atoms with Crippen LogP contribution in [0.4, 0.5) is 0 Å². The molecule has 0 saturated heterocycles. The fourth-order valence-electron chi connectivity index (χ4n) is 6.07. The summed E-state index contributed by atoms with van der Waals surface area (Å²) in [6.45, 7) is 3.52. The first-order valence-electron chi connectivity index (χ1n) is 20.3. The third-order valence-corrected chi connectivity index (χ3v) is 9.58. The van der Waals surface area contributed by atoms with E-state index in [1.165, 1.54) is 148 Å². The molecule has 0 aromatic carbocycles. The molecule has 11 heteroatoms. The van der Waals surface area contributed by atoms with Gasteiger partial charge in [-0.25, -0.2) is 0 Å². The monoisotopic (exact) mass is 748 g/mol. The summed E-state index contributed by atoms with van der Waals surface area (Å²) < 4.78 is 25.8. The van der Waals surface area contributed by atoms with E-state index in [4.69, 9.17) is 9.47 Å². The van der Waals surface area contributed by atoms with Gasteiger partial charge in [0.2, 0.25) is 0 Å². The molecule has 0 N–H and O–H groups in total. The molecule has 286 valence electrons. The number of esters is 2. The van der Waals surface area contributed by atoms with Crippen LogP contribution in [0.15, 0.2) is 0 Å². The standard InChI is InChI=1S/C39H77O8P.2Na/c1-3-5-7-9-11-13-15-17-19-21-23-25-27-29-31-33-38(40)45-35-37(36-46-48(42,43)44)47-39(41)34-32-30-28-26-24-22-20-18-16-14-12-10-8-6-4-2;;/h37H,3-36H2,1-2H3,(H2,42,43,44);;/q;2*+1/p-2/t37-;;/m1../s1. The number of rotatable bonds is 38. The number of ether oxygens (including phenoxy) is 2. The van der Waals surface area contributed by atoms with Gasteiger partial charge in [0.15, 0.2) is 6.10 Å². The minimum atomic E-state index is -5.24. The Bertz CT molecular complexity index is 768. The van der Waals surface area contributed by atoms with Crippen LogP contribution in [-0.4, -0.2) is 31.3 Å². The van der Waals surface area contributed by atoms with E-state index in [1.54, 1.807) is 0 Å². The van der Waals surface area contributed by atoms with E-state index in [9.17, 15) is 23.9 Å². The predicted molar refractivity (Wildman–Crippen MR) is 193 cm³/mol. The second-order valence-corrected chi connectivity index (χ2v) is 15.1. The van der Waals surface area contributed by atoms with Crippen molar-refractivity contribution < 1.29 is 97.1 Å². The van der Waals surface area contributed by atoms with E-state index in [2.05, 4.69) is 18.4 Å². The summed E-state index contributed by atoms with van der Waals surface area (Å²) in [5, 5.41) is 0. The summed E-state index contributed by atoms with van der Waals surface area (Å²) >= 11 is 0. The number of phosphoric ester groups is 1. The van der Waals surface area contributed by atoms with Crippen LogP contribution in [0.1, 0.15) is 219 Å². The number of phosphoric acid groups is 1. The molecule has 0 bridgehead atoms. The largest absolute Gasteiger partial charge is 1.00 e. The Morgan fingerprint density at radius 3 is 1.04 bits per heavy atom.